The van der Waals surface area contributed by atoms with E-state index in [1.807, 2.05) is 25.1 Å². The average Bonchev–Trinajstić information content (AvgIpc) is 2.77. The van der Waals surface area contributed by atoms with E-state index in [9.17, 15) is 0 Å². The van der Waals surface area contributed by atoms with Crippen LogP contribution in [0.1, 0.15) is 18.3 Å². The van der Waals surface area contributed by atoms with Gasteiger partial charge < -0.3 is 0 Å². The van der Waals surface area contributed by atoms with Crippen LogP contribution in [0.15, 0.2) is 33.5 Å². The van der Waals surface area contributed by atoms with Crippen molar-refractivity contribution in [3.8, 4) is 6.07 Å². The summed E-state index contributed by atoms with van der Waals surface area (Å²) in [6.45, 7) is 2.03. The molecule has 0 fully saturated rings. The van der Waals surface area contributed by atoms with Crippen molar-refractivity contribution in [3.05, 3.63) is 35.7 Å². The molecule has 2 rings (SSSR count). The van der Waals surface area contributed by atoms with E-state index in [1.165, 1.54) is 11.5 Å². The first-order chi connectivity index (χ1) is 7.81. The summed E-state index contributed by atoms with van der Waals surface area (Å²) >= 11 is 2.95. The second-order valence-electron chi connectivity index (χ2n) is 3.07. The molecule has 16 heavy (non-hydrogen) atoms. The molecule has 0 bridgehead atoms. The van der Waals surface area contributed by atoms with Crippen molar-refractivity contribution in [2.75, 3.05) is 0 Å². The van der Waals surface area contributed by atoms with Crippen molar-refractivity contribution in [2.24, 2.45) is 0 Å². The summed E-state index contributed by atoms with van der Waals surface area (Å²) in [7, 11) is 0. The van der Waals surface area contributed by atoms with Crippen molar-refractivity contribution in [3.63, 3.8) is 0 Å². The van der Waals surface area contributed by atoms with Gasteiger partial charge in [-0.05, 0) is 29.7 Å². The molecule has 0 saturated heterocycles. The van der Waals surface area contributed by atoms with Crippen LogP contribution in [0.3, 0.4) is 0 Å². The van der Waals surface area contributed by atoms with Gasteiger partial charge in [0.05, 0.1) is 11.6 Å². The van der Waals surface area contributed by atoms with Crippen molar-refractivity contribution in [2.45, 2.75) is 22.6 Å². The molecule has 0 aliphatic rings. The third kappa shape index (κ3) is 2.60. The van der Waals surface area contributed by atoms with Crippen molar-refractivity contribution in [1.82, 2.24) is 9.36 Å². The second kappa shape index (κ2) is 5.10. The van der Waals surface area contributed by atoms with E-state index < -0.39 is 0 Å². The number of rotatable bonds is 3. The molecule has 0 spiro atoms. The third-order valence-electron chi connectivity index (χ3n) is 1.93. The number of nitriles is 1. The standard InChI is InChI=1S/C11H9N3S2/c1-2-10-13-11(16-14-10)15-9-5-3-4-8(6-9)7-12/h3-6H,2H2,1H3. The van der Waals surface area contributed by atoms with Gasteiger partial charge in [0.25, 0.3) is 0 Å². The third-order valence-corrected chi connectivity index (χ3v) is 3.71. The predicted molar refractivity (Wildman–Crippen MR) is 64.6 cm³/mol. The largest absolute Gasteiger partial charge is 0.213 e. The zero-order chi connectivity index (χ0) is 11.4. The molecule has 0 amide bonds. The van der Waals surface area contributed by atoms with Gasteiger partial charge in [-0.25, -0.2) is 4.98 Å². The minimum Gasteiger partial charge on any atom is -0.213 e. The molecule has 3 nitrogen and oxygen atoms in total. The van der Waals surface area contributed by atoms with Crippen molar-refractivity contribution in [1.29, 1.82) is 5.26 Å². The van der Waals surface area contributed by atoms with E-state index in [1.54, 1.807) is 17.8 Å². The molecule has 0 aliphatic heterocycles. The molecule has 0 atom stereocenters. The van der Waals surface area contributed by atoms with Gasteiger partial charge in [-0.1, -0.05) is 24.8 Å². The Bertz CT molecular complexity index is 528. The lowest BCUT2D eigenvalue weighted by molar-refractivity contribution is 0.971. The van der Waals surface area contributed by atoms with E-state index in [-0.39, 0.29) is 0 Å². The predicted octanol–water partition coefficient (Wildman–Crippen LogP) is 3.12. The Kier molecular flexibility index (Phi) is 3.54. The van der Waals surface area contributed by atoms with Crippen LogP contribution in [0.2, 0.25) is 0 Å². The lowest BCUT2D eigenvalue weighted by atomic mass is 10.2. The van der Waals surface area contributed by atoms with Gasteiger partial charge >= 0.3 is 0 Å². The average molecular weight is 247 g/mol. The molecular weight excluding hydrogens is 238 g/mol. The summed E-state index contributed by atoms with van der Waals surface area (Å²) in [6.07, 6.45) is 0.856. The molecule has 80 valence electrons. The second-order valence-corrected chi connectivity index (χ2v) is 5.14. The van der Waals surface area contributed by atoms with Crippen LogP contribution in [0, 0.1) is 11.3 Å². The normalized spacial score (nSPS) is 10.0. The maximum atomic E-state index is 8.79. The van der Waals surface area contributed by atoms with Gasteiger partial charge in [-0.15, -0.1) is 0 Å². The smallest absolute Gasteiger partial charge is 0.174 e. The van der Waals surface area contributed by atoms with Crippen molar-refractivity contribution >= 4 is 23.3 Å². The van der Waals surface area contributed by atoms with Gasteiger partial charge in [0.2, 0.25) is 0 Å². The fourth-order valence-corrected chi connectivity index (χ4v) is 2.89. The van der Waals surface area contributed by atoms with Crippen LogP contribution in [0.5, 0.6) is 0 Å². The molecule has 0 N–H and O–H groups in total. The Hall–Kier alpha value is -1.38. The summed E-state index contributed by atoms with van der Waals surface area (Å²) < 4.78 is 5.14. The fourth-order valence-electron chi connectivity index (χ4n) is 1.15. The number of hydrogen-bond donors (Lipinski definition) is 0. The SMILES string of the molecule is CCc1nsc(Sc2cccc(C#N)c2)n1. The quantitative estimate of drug-likeness (QED) is 0.836. The van der Waals surface area contributed by atoms with Crippen molar-refractivity contribution < 1.29 is 0 Å². The van der Waals surface area contributed by atoms with E-state index in [0.717, 1.165) is 21.5 Å². The molecule has 0 aliphatic carbocycles. The highest BCUT2D eigenvalue weighted by atomic mass is 32.2. The van der Waals surface area contributed by atoms with Gasteiger partial charge in [0.1, 0.15) is 5.82 Å². The van der Waals surface area contributed by atoms with E-state index >= 15 is 0 Å². The van der Waals surface area contributed by atoms with Gasteiger partial charge in [-0.3, -0.25) is 0 Å². The van der Waals surface area contributed by atoms with Gasteiger partial charge in [0, 0.05) is 11.3 Å². The monoisotopic (exact) mass is 247 g/mol. The van der Waals surface area contributed by atoms with Crippen LogP contribution in [0.4, 0.5) is 0 Å². The Morgan fingerprint density at radius 3 is 3.06 bits per heavy atom. The highest BCUT2D eigenvalue weighted by Gasteiger charge is 2.04. The summed E-state index contributed by atoms with van der Waals surface area (Å²) in [5.41, 5.74) is 0.672. The van der Waals surface area contributed by atoms with Gasteiger partial charge in [-0.2, -0.15) is 9.64 Å². The van der Waals surface area contributed by atoms with Crippen LogP contribution >= 0.6 is 23.3 Å². The van der Waals surface area contributed by atoms with Crippen LogP contribution in [0.25, 0.3) is 0 Å². The van der Waals surface area contributed by atoms with Crippen LogP contribution in [-0.2, 0) is 6.42 Å². The lowest BCUT2D eigenvalue weighted by Gasteiger charge is -1.96. The minimum atomic E-state index is 0.672. The van der Waals surface area contributed by atoms with Gasteiger partial charge in [0.15, 0.2) is 4.34 Å². The first-order valence-corrected chi connectivity index (χ1v) is 6.41. The summed E-state index contributed by atoms with van der Waals surface area (Å²) in [5.74, 6) is 0.879. The summed E-state index contributed by atoms with van der Waals surface area (Å²) in [6, 6.07) is 9.62. The Balaban J connectivity index is 2.17. The number of hydrogen-bond acceptors (Lipinski definition) is 5. The lowest BCUT2D eigenvalue weighted by Crippen LogP contribution is -1.81. The molecule has 2 aromatic rings. The summed E-state index contributed by atoms with van der Waals surface area (Å²) in [4.78, 5) is 5.39. The molecule has 0 radical (unpaired) electrons. The maximum absolute atomic E-state index is 8.79. The molecule has 1 heterocycles. The topological polar surface area (TPSA) is 49.6 Å². The first-order valence-electron chi connectivity index (χ1n) is 4.82. The number of aryl methyl sites for hydroxylation is 1. The number of nitrogens with zero attached hydrogens (tertiary/aromatic N) is 3. The van der Waals surface area contributed by atoms with E-state index in [4.69, 9.17) is 5.26 Å². The molecule has 0 unspecified atom stereocenters. The molecule has 0 saturated carbocycles. The Morgan fingerprint density at radius 1 is 1.50 bits per heavy atom. The summed E-state index contributed by atoms with van der Waals surface area (Å²) in [5, 5.41) is 8.79. The molecule has 1 aromatic heterocycles. The number of benzene rings is 1. The zero-order valence-electron chi connectivity index (χ0n) is 8.67. The first kappa shape index (κ1) is 11.1. The highest BCUT2D eigenvalue weighted by molar-refractivity contribution is 8.01. The Labute approximate surface area is 102 Å². The fraction of sp³-hybridized carbons (Fsp3) is 0.182. The van der Waals surface area contributed by atoms with E-state index in [2.05, 4.69) is 15.4 Å². The maximum Gasteiger partial charge on any atom is 0.174 e. The van der Waals surface area contributed by atoms with E-state index in [0.29, 0.717) is 5.56 Å². The zero-order valence-corrected chi connectivity index (χ0v) is 10.3. The molecule has 1 aromatic carbocycles. The minimum absolute atomic E-state index is 0.672. The highest BCUT2D eigenvalue weighted by Crippen LogP contribution is 2.29. The molecule has 5 heteroatoms. The van der Waals surface area contributed by atoms with Crippen LogP contribution in [-0.4, -0.2) is 9.36 Å². The van der Waals surface area contributed by atoms with Crippen LogP contribution < -0.4 is 0 Å². The molecular formula is C11H9N3S2. The Morgan fingerprint density at radius 2 is 2.38 bits per heavy atom. The number of aromatic nitrogens is 2.